The van der Waals surface area contributed by atoms with Crippen molar-refractivity contribution >= 4 is 5.97 Å². The van der Waals surface area contributed by atoms with E-state index in [9.17, 15) is 15.1 Å². The van der Waals surface area contributed by atoms with E-state index in [0.29, 0.717) is 6.54 Å². The average molecular weight is 214 g/mol. The molecule has 0 rings (SSSR count). The zero-order chi connectivity index (χ0) is 12.3. The molecule has 0 aliphatic rings. The molecule has 0 aromatic carbocycles. The lowest BCUT2D eigenvalue weighted by atomic mass is 10.4. The van der Waals surface area contributed by atoms with Gasteiger partial charge in [-0.15, -0.1) is 0 Å². The van der Waals surface area contributed by atoms with Crippen LogP contribution in [0.1, 0.15) is 20.3 Å². The lowest BCUT2D eigenvalue weighted by Gasteiger charge is -2.32. The van der Waals surface area contributed by atoms with E-state index in [1.165, 1.54) is 6.08 Å². The van der Waals surface area contributed by atoms with Crippen LogP contribution < -0.4 is 5.11 Å². The largest absolute Gasteiger partial charge is 0.633 e. The van der Waals surface area contributed by atoms with Crippen molar-refractivity contribution < 1.29 is 14.5 Å². The normalized spacial score (nSPS) is 11.5. The van der Waals surface area contributed by atoms with Crippen molar-refractivity contribution in [2.24, 2.45) is 0 Å². The second-order valence-electron chi connectivity index (χ2n) is 3.47. The predicted octanol–water partition coefficient (Wildman–Crippen LogP) is 0.839. The minimum atomic E-state index is -1.03. The third-order valence-electron chi connectivity index (χ3n) is 1.30. The van der Waals surface area contributed by atoms with Gasteiger partial charge in [0, 0.05) is 12.4 Å². The molecule has 0 aromatic heterocycles. The van der Waals surface area contributed by atoms with Crippen LogP contribution >= 0.6 is 0 Å². The quantitative estimate of drug-likeness (QED) is 0.396. The highest BCUT2D eigenvalue weighted by molar-refractivity contribution is 5.66. The van der Waals surface area contributed by atoms with E-state index in [4.69, 9.17) is 0 Å². The summed E-state index contributed by atoms with van der Waals surface area (Å²) in [5.74, 6) is -1.03. The molecule has 15 heavy (non-hydrogen) atoms. The fourth-order valence-corrected chi connectivity index (χ4v) is 0.573. The maximum atomic E-state index is 10.7. The Hall–Kier alpha value is -1.13. The monoisotopic (exact) mass is 214 g/mol. The van der Waals surface area contributed by atoms with Gasteiger partial charge in [-0.3, -0.25) is 0 Å². The summed E-state index contributed by atoms with van der Waals surface area (Å²) >= 11 is 0. The highest BCUT2D eigenvalue weighted by atomic mass is 16.5. The van der Waals surface area contributed by atoms with Gasteiger partial charge in [0.25, 0.3) is 0 Å². The topological polar surface area (TPSA) is 63.2 Å². The fraction of sp³-hybridized carbons (Fsp3) is 0.545. The predicted molar refractivity (Wildman–Crippen MR) is 59.6 cm³/mol. The van der Waals surface area contributed by atoms with Gasteiger partial charge in [-0.25, -0.2) is 0 Å². The molecular formula is C11H20NO3-. The molecule has 0 aromatic rings. The first-order valence-corrected chi connectivity index (χ1v) is 4.79. The Labute approximate surface area is 91.7 Å². The molecule has 88 valence electrons. The highest BCUT2D eigenvalue weighted by Crippen LogP contribution is 1.90. The van der Waals surface area contributed by atoms with E-state index in [1.807, 2.05) is 19.1 Å². The van der Waals surface area contributed by atoms with E-state index < -0.39 is 5.97 Å². The Morgan fingerprint density at radius 2 is 1.67 bits per heavy atom. The molecule has 4 nitrogen and oxygen atoms in total. The summed E-state index contributed by atoms with van der Waals surface area (Å²) in [7, 11) is 3.25. The number of carboxylic acid groups (broad SMARTS) is 1. The number of quaternary nitrogens is 1. The Morgan fingerprint density at radius 3 is 1.80 bits per heavy atom. The van der Waals surface area contributed by atoms with Crippen molar-refractivity contribution in [2.45, 2.75) is 20.3 Å². The Balaban J connectivity index is 0. The van der Waals surface area contributed by atoms with Crippen LogP contribution in [0, 0.1) is 5.21 Å². The van der Waals surface area contributed by atoms with Crippen LogP contribution in [0.2, 0.25) is 0 Å². The molecule has 0 fully saturated rings. The molecule has 0 saturated heterocycles. The van der Waals surface area contributed by atoms with E-state index in [1.54, 1.807) is 27.1 Å². The SMILES string of the molecule is C/C=C\CC(=O)[O-].C/C=C\C[N+](C)(C)[O-]. The zero-order valence-electron chi connectivity index (χ0n) is 9.90. The van der Waals surface area contributed by atoms with Gasteiger partial charge in [0.05, 0.1) is 20.6 Å². The summed E-state index contributed by atoms with van der Waals surface area (Å²) in [6.45, 7) is 4.25. The van der Waals surface area contributed by atoms with Gasteiger partial charge in [0.15, 0.2) is 0 Å². The van der Waals surface area contributed by atoms with E-state index in [-0.39, 0.29) is 11.1 Å². The number of likely N-dealkylation sites (N-methyl/N-ethyl adjacent to an activating group) is 1. The molecule has 0 atom stereocenters. The molecule has 0 spiro atoms. The number of hydrogen-bond donors (Lipinski definition) is 0. The fourth-order valence-electron chi connectivity index (χ4n) is 0.573. The number of rotatable bonds is 4. The molecule has 0 saturated carbocycles. The lowest BCUT2D eigenvalue weighted by molar-refractivity contribution is -0.833. The minimum absolute atomic E-state index is 0.0243. The number of allylic oxidation sites excluding steroid dienone is 2. The standard InChI is InChI=1S/C6H13NO.C5H8O2/c1-4-5-6-7(2,3)8;1-2-3-4-5(6)7/h4-5H,6H2,1-3H3;2-3H,4H2,1H3,(H,6,7)/p-1/b5-4-;3-2-. The summed E-state index contributed by atoms with van der Waals surface area (Å²) in [4.78, 5) is 9.60. The Kier molecular flexibility index (Phi) is 10.2. The van der Waals surface area contributed by atoms with E-state index in [2.05, 4.69) is 0 Å². The first kappa shape index (κ1) is 16.3. The van der Waals surface area contributed by atoms with Gasteiger partial charge in [-0.05, 0) is 19.9 Å². The summed E-state index contributed by atoms with van der Waals surface area (Å²) < 4.78 is -0.232. The lowest BCUT2D eigenvalue weighted by Crippen LogP contribution is -2.31. The van der Waals surface area contributed by atoms with E-state index in [0.717, 1.165) is 0 Å². The van der Waals surface area contributed by atoms with Crippen molar-refractivity contribution in [1.29, 1.82) is 0 Å². The van der Waals surface area contributed by atoms with Gasteiger partial charge in [0.1, 0.15) is 0 Å². The zero-order valence-corrected chi connectivity index (χ0v) is 9.90. The van der Waals surface area contributed by atoms with Crippen molar-refractivity contribution in [1.82, 2.24) is 0 Å². The van der Waals surface area contributed by atoms with Crippen LogP contribution in [0.15, 0.2) is 24.3 Å². The molecule has 0 aliphatic heterocycles. The van der Waals surface area contributed by atoms with Crippen LogP contribution in [-0.4, -0.2) is 31.3 Å². The molecule has 0 unspecified atom stereocenters. The first-order valence-electron chi connectivity index (χ1n) is 4.79. The van der Waals surface area contributed by atoms with Crippen LogP contribution in [0.3, 0.4) is 0 Å². The summed E-state index contributed by atoms with van der Waals surface area (Å²) in [6, 6.07) is 0. The van der Waals surface area contributed by atoms with Gasteiger partial charge in [-0.1, -0.05) is 18.2 Å². The smallest absolute Gasteiger partial charge is 0.0966 e. The van der Waals surface area contributed by atoms with Crippen molar-refractivity contribution in [2.75, 3.05) is 20.6 Å². The van der Waals surface area contributed by atoms with Crippen molar-refractivity contribution in [3.05, 3.63) is 29.5 Å². The number of nitrogens with zero attached hydrogens (tertiary/aromatic N) is 1. The second kappa shape index (κ2) is 9.43. The van der Waals surface area contributed by atoms with Crippen LogP contribution in [0.25, 0.3) is 0 Å². The van der Waals surface area contributed by atoms with Gasteiger partial charge in [-0.2, -0.15) is 0 Å². The number of hydroxylamine groups is 3. The number of carboxylic acids is 1. The highest BCUT2D eigenvalue weighted by Gasteiger charge is 1.93. The van der Waals surface area contributed by atoms with Crippen molar-refractivity contribution in [3.8, 4) is 0 Å². The summed E-state index contributed by atoms with van der Waals surface area (Å²) in [6.07, 6.45) is 6.99. The number of hydrogen-bond acceptors (Lipinski definition) is 3. The molecule has 0 N–H and O–H groups in total. The number of carbonyl (C=O) groups is 1. The first-order chi connectivity index (χ1) is 6.83. The molecule has 0 heterocycles. The minimum Gasteiger partial charge on any atom is -0.633 e. The molecule has 0 radical (unpaired) electrons. The van der Waals surface area contributed by atoms with Crippen LogP contribution in [0.5, 0.6) is 0 Å². The average Bonchev–Trinajstić information content (AvgIpc) is 2.11. The van der Waals surface area contributed by atoms with Crippen molar-refractivity contribution in [3.63, 3.8) is 0 Å². The van der Waals surface area contributed by atoms with Crippen LogP contribution in [0.4, 0.5) is 0 Å². The summed E-state index contributed by atoms with van der Waals surface area (Å²) in [5, 5.41) is 20.3. The maximum Gasteiger partial charge on any atom is 0.0966 e. The third-order valence-corrected chi connectivity index (χ3v) is 1.30. The van der Waals surface area contributed by atoms with Gasteiger partial charge >= 0.3 is 0 Å². The summed E-state index contributed by atoms with van der Waals surface area (Å²) in [5.41, 5.74) is 0. The van der Waals surface area contributed by atoms with Gasteiger partial charge < -0.3 is 19.8 Å². The maximum absolute atomic E-state index is 10.7. The number of aliphatic carboxylic acids is 1. The molecular weight excluding hydrogens is 194 g/mol. The second-order valence-corrected chi connectivity index (χ2v) is 3.47. The number of carbonyl (C=O) groups excluding carboxylic acids is 1. The molecule has 0 bridgehead atoms. The van der Waals surface area contributed by atoms with Crippen LogP contribution in [-0.2, 0) is 4.79 Å². The Bertz CT molecular complexity index is 214. The molecule has 0 aliphatic carbocycles. The third kappa shape index (κ3) is 24.6. The molecule has 0 amide bonds. The van der Waals surface area contributed by atoms with E-state index >= 15 is 0 Å². The molecule has 4 heteroatoms. The Morgan fingerprint density at radius 1 is 1.20 bits per heavy atom. The van der Waals surface area contributed by atoms with Gasteiger partial charge in [0.2, 0.25) is 0 Å².